The van der Waals surface area contributed by atoms with E-state index < -0.39 is 18.2 Å². The minimum Gasteiger partial charge on any atom is -0.508 e. The highest BCUT2D eigenvalue weighted by Crippen LogP contribution is 2.33. The number of hydrogen-bond acceptors (Lipinski definition) is 6. The zero-order valence-corrected chi connectivity index (χ0v) is 17.8. The second kappa shape index (κ2) is 11.0. The van der Waals surface area contributed by atoms with Gasteiger partial charge in [-0.25, -0.2) is 4.79 Å². The molecule has 1 atom stereocenters. The normalized spacial score (nSPS) is 11.5. The Morgan fingerprint density at radius 3 is 2.61 bits per heavy atom. The molecule has 28 heavy (non-hydrogen) atoms. The SMILES string of the molecule is Cc1ccc(NC(=O)O[C@@H](CCCOC(=O)CS)c2cc(Br)ccc2O)cc1. The summed E-state index contributed by atoms with van der Waals surface area (Å²) in [6.45, 7) is 2.13. The summed E-state index contributed by atoms with van der Waals surface area (Å²) in [5.74, 6) is -0.391. The maximum atomic E-state index is 12.3. The number of carbonyl (C=O) groups excluding carboxylic acids is 2. The van der Waals surface area contributed by atoms with Crippen molar-refractivity contribution in [1.82, 2.24) is 0 Å². The molecule has 0 saturated heterocycles. The Bertz CT molecular complexity index is 813. The number of esters is 1. The lowest BCUT2D eigenvalue weighted by atomic mass is 10.0. The number of hydrogen-bond donors (Lipinski definition) is 3. The molecule has 0 aliphatic heterocycles. The van der Waals surface area contributed by atoms with Crippen molar-refractivity contribution in [1.29, 1.82) is 0 Å². The van der Waals surface area contributed by atoms with Gasteiger partial charge in [-0.2, -0.15) is 12.6 Å². The molecule has 0 heterocycles. The van der Waals surface area contributed by atoms with E-state index in [1.54, 1.807) is 24.3 Å². The first kappa shape index (κ1) is 22.1. The van der Waals surface area contributed by atoms with Gasteiger partial charge in [0.15, 0.2) is 0 Å². The van der Waals surface area contributed by atoms with Gasteiger partial charge in [-0.3, -0.25) is 10.1 Å². The smallest absolute Gasteiger partial charge is 0.412 e. The van der Waals surface area contributed by atoms with Crippen molar-refractivity contribution in [2.45, 2.75) is 25.9 Å². The Labute approximate surface area is 177 Å². The number of amides is 1. The highest BCUT2D eigenvalue weighted by Gasteiger charge is 2.21. The van der Waals surface area contributed by atoms with Gasteiger partial charge in [0.25, 0.3) is 0 Å². The molecule has 0 spiro atoms. The third-order valence-electron chi connectivity index (χ3n) is 3.89. The minimum absolute atomic E-state index is 0.00526. The fraction of sp³-hybridized carbons (Fsp3) is 0.300. The second-order valence-electron chi connectivity index (χ2n) is 6.11. The number of halogens is 1. The molecular formula is C20H22BrNO5S. The Balaban J connectivity index is 2.06. The molecule has 0 aliphatic rings. The molecule has 150 valence electrons. The van der Waals surface area contributed by atoms with Crippen LogP contribution in [0.3, 0.4) is 0 Å². The number of anilines is 1. The average molecular weight is 468 g/mol. The van der Waals surface area contributed by atoms with Crippen LogP contribution in [0.5, 0.6) is 5.75 Å². The zero-order valence-electron chi connectivity index (χ0n) is 15.4. The summed E-state index contributed by atoms with van der Waals surface area (Å²) < 4.78 is 11.3. The number of phenols is 1. The number of aryl methyl sites for hydroxylation is 1. The number of nitrogens with one attached hydrogen (secondary N) is 1. The number of phenolic OH excluding ortho intramolecular Hbond substituents is 1. The van der Waals surface area contributed by atoms with Crippen molar-refractivity contribution in [3.63, 3.8) is 0 Å². The van der Waals surface area contributed by atoms with Crippen LogP contribution in [0.15, 0.2) is 46.9 Å². The van der Waals surface area contributed by atoms with E-state index in [0.29, 0.717) is 24.1 Å². The lowest BCUT2D eigenvalue weighted by Crippen LogP contribution is -2.18. The summed E-state index contributed by atoms with van der Waals surface area (Å²) >= 11 is 7.21. The summed E-state index contributed by atoms with van der Waals surface area (Å²) in [7, 11) is 0. The molecule has 0 aliphatic carbocycles. The summed E-state index contributed by atoms with van der Waals surface area (Å²) in [6, 6.07) is 12.2. The molecule has 0 unspecified atom stereocenters. The standard InChI is InChI=1S/C20H22BrNO5S/c1-13-4-7-15(8-5-13)22-20(25)27-18(3-2-10-26-19(24)12-28)16-11-14(21)6-9-17(16)23/h4-9,11,18,23,28H,2-3,10,12H2,1H3,(H,22,25)/t18-/m0/s1. The fourth-order valence-electron chi connectivity index (χ4n) is 2.47. The first-order valence-corrected chi connectivity index (χ1v) is 10.1. The Kier molecular flexibility index (Phi) is 8.66. The van der Waals surface area contributed by atoms with Crippen molar-refractivity contribution >= 4 is 46.3 Å². The van der Waals surface area contributed by atoms with Crippen LogP contribution in [0, 0.1) is 6.92 Å². The third kappa shape index (κ3) is 7.09. The van der Waals surface area contributed by atoms with Gasteiger partial charge >= 0.3 is 12.1 Å². The Hall–Kier alpha value is -2.19. The van der Waals surface area contributed by atoms with E-state index in [0.717, 1.165) is 10.0 Å². The van der Waals surface area contributed by atoms with E-state index in [2.05, 4.69) is 33.9 Å². The van der Waals surface area contributed by atoms with Gasteiger partial charge in [0.05, 0.1) is 12.4 Å². The summed E-state index contributed by atoms with van der Waals surface area (Å²) in [5, 5.41) is 12.9. The van der Waals surface area contributed by atoms with Crippen LogP contribution in [0.1, 0.15) is 30.1 Å². The third-order valence-corrected chi connectivity index (χ3v) is 4.64. The number of carbonyl (C=O) groups is 2. The largest absolute Gasteiger partial charge is 0.508 e. The molecule has 0 saturated carbocycles. The average Bonchev–Trinajstić information content (AvgIpc) is 2.67. The van der Waals surface area contributed by atoms with Crippen LogP contribution in [-0.4, -0.2) is 29.5 Å². The maximum absolute atomic E-state index is 12.3. The van der Waals surface area contributed by atoms with Gasteiger partial charge in [0.1, 0.15) is 11.9 Å². The highest BCUT2D eigenvalue weighted by molar-refractivity contribution is 9.10. The van der Waals surface area contributed by atoms with E-state index in [4.69, 9.17) is 9.47 Å². The van der Waals surface area contributed by atoms with E-state index in [1.807, 2.05) is 19.1 Å². The predicted molar refractivity (Wildman–Crippen MR) is 114 cm³/mol. The highest BCUT2D eigenvalue weighted by atomic mass is 79.9. The van der Waals surface area contributed by atoms with Gasteiger partial charge in [0.2, 0.25) is 0 Å². The number of ether oxygens (including phenoxy) is 2. The Morgan fingerprint density at radius 2 is 1.93 bits per heavy atom. The van der Waals surface area contributed by atoms with Gasteiger partial charge in [-0.15, -0.1) is 0 Å². The van der Waals surface area contributed by atoms with Crippen LogP contribution in [-0.2, 0) is 14.3 Å². The quantitative estimate of drug-likeness (QED) is 0.288. The summed E-state index contributed by atoms with van der Waals surface area (Å²) in [4.78, 5) is 23.5. The van der Waals surface area contributed by atoms with Crippen molar-refractivity contribution in [3.05, 3.63) is 58.1 Å². The molecule has 0 aromatic heterocycles. The first-order chi connectivity index (χ1) is 13.4. The molecular weight excluding hydrogens is 446 g/mol. The molecule has 0 bridgehead atoms. The molecule has 2 aromatic carbocycles. The van der Waals surface area contributed by atoms with Gasteiger partial charge < -0.3 is 14.6 Å². The predicted octanol–water partition coefficient (Wildman–Crippen LogP) is 5.01. The van der Waals surface area contributed by atoms with Crippen LogP contribution in [0.25, 0.3) is 0 Å². The molecule has 8 heteroatoms. The minimum atomic E-state index is -0.711. The van der Waals surface area contributed by atoms with Crippen molar-refractivity contribution in [2.24, 2.45) is 0 Å². The van der Waals surface area contributed by atoms with Crippen LogP contribution < -0.4 is 5.32 Å². The second-order valence-corrected chi connectivity index (χ2v) is 7.34. The molecule has 6 nitrogen and oxygen atoms in total. The summed E-state index contributed by atoms with van der Waals surface area (Å²) in [6.07, 6.45) is -0.530. The van der Waals surface area contributed by atoms with Crippen molar-refractivity contribution in [2.75, 3.05) is 17.7 Å². The van der Waals surface area contributed by atoms with E-state index >= 15 is 0 Å². The van der Waals surface area contributed by atoms with Crippen molar-refractivity contribution in [3.8, 4) is 5.75 Å². The monoisotopic (exact) mass is 467 g/mol. The van der Waals surface area contributed by atoms with Gasteiger partial charge in [-0.1, -0.05) is 33.6 Å². The number of thiol groups is 1. The van der Waals surface area contributed by atoms with Gasteiger partial charge in [0, 0.05) is 15.7 Å². The van der Waals surface area contributed by atoms with Gasteiger partial charge in [-0.05, 0) is 50.1 Å². The van der Waals surface area contributed by atoms with Crippen LogP contribution in [0.2, 0.25) is 0 Å². The van der Waals surface area contributed by atoms with Crippen LogP contribution >= 0.6 is 28.6 Å². The molecule has 2 rings (SSSR count). The molecule has 2 aromatic rings. The lowest BCUT2D eigenvalue weighted by molar-refractivity contribution is -0.140. The lowest BCUT2D eigenvalue weighted by Gasteiger charge is -2.20. The van der Waals surface area contributed by atoms with E-state index in [9.17, 15) is 14.7 Å². The van der Waals surface area contributed by atoms with Crippen LogP contribution in [0.4, 0.5) is 10.5 Å². The zero-order chi connectivity index (χ0) is 20.5. The van der Waals surface area contributed by atoms with E-state index in [-0.39, 0.29) is 18.1 Å². The molecule has 2 N–H and O–H groups in total. The van der Waals surface area contributed by atoms with Crippen molar-refractivity contribution < 1.29 is 24.2 Å². The Morgan fingerprint density at radius 1 is 1.21 bits per heavy atom. The molecule has 1 amide bonds. The molecule has 0 radical (unpaired) electrons. The fourth-order valence-corrected chi connectivity index (χ4v) is 2.95. The first-order valence-electron chi connectivity index (χ1n) is 8.68. The number of rotatable bonds is 8. The topological polar surface area (TPSA) is 84.9 Å². The maximum Gasteiger partial charge on any atom is 0.412 e. The van der Waals surface area contributed by atoms with E-state index in [1.165, 1.54) is 6.07 Å². The molecule has 0 fully saturated rings. The summed E-state index contributed by atoms with van der Waals surface area (Å²) in [5.41, 5.74) is 2.15. The number of aromatic hydroxyl groups is 1. The number of benzene rings is 2.